The molecule has 0 amide bonds. The molecule has 0 saturated carbocycles. The van der Waals surface area contributed by atoms with E-state index in [2.05, 4.69) is 36.1 Å². The standard InChI is InChI=1S/C24H31F5N2OSi.CO2/c1-8-17-18(12-13-33(5,6)7)31(21(9-2)30-17)19-11-10-16(14-20(19)32-22(25)26)15-23(3,4)24(27,28)29;2-1-3/h10-11,14,22H,8-9,15H2,1-7H3;. The Balaban J connectivity index is 0.00000205. The number of aromatic nitrogens is 2. The molecule has 0 bridgehead atoms. The van der Waals surface area contributed by atoms with Crippen LogP contribution in [0.1, 0.15) is 50.5 Å². The van der Waals surface area contributed by atoms with Crippen molar-refractivity contribution in [1.29, 1.82) is 0 Å². The predicted octanol–water partition coefficient (Wildman–Crippen LogP) is 6.37. The molecule has 0 atom stereocenters. The van der Waals surface area contributed by atoms with Gasteiger partial charge >= 0.3 is 18.9 Å². The van der Waals surface area contributed by atoms with Crippen molar-refractivity contribution in [3.63, 3.8) is 0 Å². The number of halogens is 5. The van der Waals surface area contributed by atoms with Crippen molar-refractivity contribution >= 4 is 14.2 Å². The lowest BCUT2D eigenvalue weighted by atomic mass is 9.85. The van der Waals surface area contributed by atoms with Gasteiger partial charge in [0.05, 0.1) is 16.8 Å². The summed E-state index contributed by atoms with van der Waals surface area (Å²) < 4.78 is 73.2. The molecular formula is C25H31F5N2O3Si. The first-order valence-corrected chi connectivity index (χ1v) is 14.8. The minimum atomic E-state index is -4.44. The first-order chi connectivity index (χ1) is 16.5. The van der Waals surface area contributed by atoms with Crippen molar-refractivity contribution in [3.8, 4) is 22.9 Å². The van der Waals surface area contributed by atoms with E-state index < -0.39 is 26.3 Å². The normalized spacial score (nSPS) is 11.8. The zero-order valence-electron chi connectivity index (χ0n) is 21.4. The maximum atomic E-state index is 13.4. The van der Waals surface area contributed by atoms with Gasteiger partial charge in [-0.25, -0.2) is 4.98 Å². The first kappa shape index (κ1) is 31.1. The van der Waals surface area contributed by atoms with Crippen molar-refractivity contribution in [1.82, 2.24) is 9.55 Å². The van der Waals surface area contributed by atoms with Gasteiger partial charge in [0.1, 0.15) is 25.3 Å². The van der Waals surface area contributed by atoms with Crippen molar-refractivity contribution in [2.45, 2.75) is 79.4 Å². The van der Waals surface area contributed by atoms with Crippen LogP contribution in [0.5, 0.6) is 5.75 Å². The maximum absolute atomic E-state index is 13.4. The van der Waals surface area contributed by atoms with Crippen LogP contribution in [0, 0.1) is 16.9 Å². The topological polar surface area (TPSA) is 61.2 Å². The van der Waals surface area contributed by atoms with Gasteiger partial charge in [0.15, 0.2) is 0 Å². The Kier molecular flexibility index (Phi) is 10.6. The minimum Gasteiger partial charge on any atom is -0.433 e. The van der Waals surface area contributed by atoms with Crippen LogP contribution in [0.4, 0.5) is 22.0 Å². The van der Waals surface area contributed by atoms with Gasteiger partial charge in [-0.2, -0.15) is 31.5 Å². The number of ether oxygens (including phenoxy) is 1. The molecule has 0 N–H and O–H groups in total. The fourth-order valence-corrected chi connectivity index (χ4v) is 3.78. The number of rotatable bonds is 7. The third kappa shape index (κ3) is 8.31. The molecule has 1 heterocycles. The molecule has 198 valence electrons. The first-order valence-electron chi connectivity index (χ1n) is 11.3. The second-order valence-corrected chi connectivity index (χ2v) is 14.4. The number of imidazole rings is 1. The minimum absolute atomic E-state index is 0.203. The molecule has 0 spiro atoms. The zero-order chi connectivity index (χ0) is 27.9. The average molecular weight is 531 g/mol. The molecule has 36 heavy (non-hydrogen) atoms. The number of hydrogen-bond acceptors (Lipinski definition) is 4. The van der Waals surface area contributed by atoms with E-state index in [1.165, 1.54) is 18.2 Å². The Labute approximate surface area is 209 Å². The van der Waals surface area contributed by atoms with Crippen LogP contribution in [0.3, 0.4) is 0 Å². The maximum Gasteiger partial charge on any atom is 0.394 e. The molecule has 5 nitrogen and oxygen atoms in total. The van der Waals surface area contributed by atoms with Crippen LogP contribution in [-0.4, -0.2) is 36.6 Å². The predicted molar refractivity (Wildman–Crippen MR) is 128 cm³/mol. The summed E-state index contributed by atoms with van der Waals surface area (Å²) in [7, 11) is -1.75. The number of nitrogens with zero attached hydrogens (tertiary/aromatic N) is 2. The Morgan fingerprint density at radius 3 is 2.11 bits per heavy atom. The molecule has 0 aliphatic carbocycles. The lowest BCUT2D eigenvalue weighted by Crippen LogP contribution is -2.34. The van der Waals surface area contributed by atoms with Gasteiger partial charge in [-0.3, -0.25) is 4.57 Å². The van der Waals surface area contributed by atoms with E-state index in [0.29, 0.717) is 24.4 Å². The van der Waals surface area contributed by atoms with E-state index in [1.54, 1.807) is 4.57 Å². The highest BCUT2D eigenvalue weighted by molar-refractivity contribution is 6.83. The molecule has 0 aliphatic rings. The molecular weight excluding hydrogens is 499 g/mol. The van der Waals surface area contributed by atoms with Crippen molar-refractivity contribution in [2.75, 3.05) is 0 Å². The van der Waals surface area contributed by atoms with E-state index in [9.17, 15) is 22.0 Å². The van der Waals surface area contributed by atoms with Crippen molar-refractivity contribution in [2.24, 2.45) is 5.41 Å². The summed E-state index contributed by atoms with van der Waals surface area (Å²) in [4.78, 5) is 20.9. The summed E-state index contributed by atoms with van der Waals surface area (Å²) in [5.41, 5.74) is 3.14. The quantitative estimate of drug-likeness (QED) is 0.237. The molecule has 1 aromatic heterocycles. The van der Waals surface area contributed by atoms with E-state index in [-0.39, 0.29) is 29.6 Å². The highest BCUT2D eigenvalue weighted by Crippen LogP contribution is 2.41. The Morgan fingerprint density at radius 2 is 1.67 bits per heavy atom. The van der Waals surface area contributed by atoms with Crippen LogP contribution in [-0.2, 0) is 28.9 Å². The Morgan fingerprint density at radius 1 is 1.08 bits per heavy atom. The molecule has 0 fully saturated rings. The van der Waals surface area contributed by atoms with Gasteiger partial charge in [0, 0.05) is 6.42 Å². The van der Waals surface area contributed by atoms with Gasteiger partial charge in [0.25, 0.3) is 0 Å². The molecule has 0 saturated heterocycles. The lowest BCUT2D eigenvalue weighted by molar-refractivity contribution is -0.211. The molecule has 0 radical (unpaired) electrons. The van der Waals surface area contributed by atoms with Gasteiger partial charge in [0.2, 0.25) is 0 Å². The van der Waals surface area contributed by atoms with Crippen molar-refractivity contribution < 1.29 is 36.3 Å². The second-order valence-electron chi connectivity index (χ2n) is 9.69. The largest absolute Gasteiger partial charge is 0.433 e. The smallest absolute Gasteiger partial charge is 0.394 e. The lowest BCUT2D eigenvalue weighted by Gasteiger charge is -2.28. The van der Waals surface area contributed by atoms with Crippen molar-refractivity contribution in [3.05, 3.63) is 41.0 Å². The molecule has 0 unspecified atom stereocenters. The van der Waals surface area contributed by atoms with Gasteiger partial charge in [-0.15, -0.1) is 5.54 Å². The molecule has 2 rings (SSSR count). The van der Waals surface area contributed by atoms with Gasteiger partial charge in [-0.05, 0) is 30.5 Å². The fourth-order valence-electron chi connectivity index (χ4n) is 3.29. The number of benzene rings is 1. The summed E-state index contributed by atoms with van der Waals surface area (Å²) >= 11 is 0. The van der Waals surface area contributed by atoms with Crippen LogP contribution < -0.4 is 4.74 Å². The van der Waals surface area contributed by atoms with E-state index >= 15 is 0 Å². The Bertz CT molecular complexity index is 1130. The van der Waals surface area contributed by atoms with Gasteiger partial charge < -0.3 is 4.74 Å². The second kappa shape index (κ2) is 12.3. The SMILES string of the molecule is CCc1nc(CC)n(-c2ccc(CC(C)(C)C(F)(F)F)cc2OC(F)F)c1C#C[Si](C)(C)C.O=C=O. The zero-order valence-corrected chi connectivity index (χ0v) is 22.4. The number of hydrogen-bond donors (Lipinski definition) is 0. The highest BCUT2D eigenvalue weighted by Gasteiger charge is 2.47. The van der Waals surface area contributed by atoms with Crippen LogP contribution >= 0.6 is 0 Å². The summed E-state index contributed by atoms with van der Waals surface area (Å²) in [5.74, 6) is 3.62. The van der Waals surface area contributed by atoms with E-state index in [0.717, 1.165) is 19.5 Å². The summed E-state index contributed by atoms with van der Waals surface area (Å²) in [6.07, 6.45) is -3.45. The number of aryl methyl sites for hydroxylation is 2. The van der Waals surface area contributed by atoms with E-state index in [1.807, 2.05) is 13.8 Å². The third-order valence-corrected chi connectivity index (χ3v) is 6.00. The summed E-state index contributed by atoms with van der Waals surface area (Å²) in [5, 5.41) is 0. The molecule has 0 aliphatic heterocycles. The summed E-state index contributed by atoms with van der Waals surface area (Å²) in [6, 6.07) is 4.29. The number of carbonyl (C=O) groups excluding carboxylic acids is 2. The average Bonchev–Trinajstić information content (AvgIpc) is 3.08. The molecule has 1 aromatic carbocycles. The molecule has 2 aromatic rings. The summed E-state index contributed by atoms with van der Waals surface area (Å²) in [6.45, 7) is 9.13. The third-order valence-electron chi connectivity index (χ3n) is 5.12. The van der Waals surface area contributed by atoms with Crippen LogP contribution in [0.15, 0.2) is 18.2 Å². The van der Waals surface area contributed by atoms with Gasteiger partial charge in [-0.1, -0.05) is 59.3 Å². The monoisotopic (exact) mass is 530 g/mol. The Hall–Kier alpha value is -2.96. The highest BCUT2D eigenvalue weighted by atomic mass is 28.3. The van der Waals surface area contributed by atoms with E-state index in [4.69, 9.17) is 14.3 Å². The fraction of sp³-hybridized carbons (Fsp3) is 0.520. The number of alkyl halides is 5. The molecule has 11 heteroatoms. The van der Waals surface area contributed by atoms with Crippen LogP contribution in [0.25, 0.3) is 5.69 Å². The van der Waals surface area contributed by atoms with Crippen LogP contribution in [0.2, 0.25) is 19.6 Å².